The first-order valence-corrected chi connectivity index (χ1v) is 9.15. The summed E-state index contributed by atoms with van der Waals surface area (Å²) in [6, 6.07) is 12.4. The third-order valence-electron chi connectivity index (χ3n) is 4.83. The largest absolute Gasteiger partial charge is 0.345 e. The molecule has 0 bridgehead atoms. The van der Waals surface area contributed by atoms with Crippen LogP contribution in [0.25, 0.3) is 0 Å². The highest BCUT2D eigenvalue weighted by molar-refractivity contribution is 6.30. The Morgan fingerprint density at radius 3 is 2.79 bits per heavy atom. The van der Waals surface area contributed by atoms with Crippen LogP contribution in [0.2, 0.25) is 5.02 Å². The van der Waals surface area contributed by atoms with Crippen LogP contribution in [0.1, 0.15) is 44.4 Å². The Bertz CT molecular complexity index is 705. The van der Waals surface area contributed by atoms with Crippen molar-refractivity contribution in [3.8, 4) is 0 Å². The van der Waals surface area contributed by atoms with E-state index in [0.29, 0.717) is 12.5 Å². The van der Waals surface area contributed by atoms with Gasteiger partial charge in [0.25, 0.3) is 0 Å². The molecule has 1 unspecified atom stereocenters. The Labute approximate surface area is 149 Å². The SMILES string of the molecule is CCC(C)N(Cc1cccn1Cc1cccc(Cl)c1)C(=O)C1CC1. The summed E-state index contributed by atoms with van der Waals surface area (Å²) >= 11 is 6.09. The minimum Gasteiger partial charge on any atom is -0.345 e. The number of rotatable bonds is 7. The zero-order chi connectivity index (χ0) is 17.1. The molecule has 0 aliphatic heterocycles. The van der Waals surface area contributed by atoms with Gasteiger partial charge in [-0.1, -0.05) is 30.7 Å². The fourth-order valence-corrected chi connectivity index (χ4v) is 3.20. The number of carbonyl (C=O) groups is 1. The highest BCUT2D eigenvalue weighted by Gasteiger charge is 2.35. The first-order chi connectivity index (χ1) is 11.6. The van der Waals surface area contributed by atoms with Crippen molar-refractivity contribution in [1.29, 1.82) is 0 Å². The number of halogens is 1. The van der Waals surface area contributed by atoms with Gasteiger partial charge in [0.2, 0.25) is 5.91 Å². The maximum absolute atomic E-state index is 12.6. The maximum Gasteiger partial charge on any atom is 0.226 e. The second kappa shape index (κ2) is 7.43. The van der Waals surface area contributed by atoms with Crippen LogP contribution in [-0.4, -0.2) is 21.4 Å². The average Bonchev–Trinajstić information content (AvgIpc) is 3.33. The quantitative estimate of drug-likeness (QED) is 0.713. The minimum absolute atomic E-state index is 0.260. The van der Waals surface area contributed by atoms with E-state index in [-0.39, 0.29) is 12.0 Å². The highest BCUT2D eigenvalue weighted by Crippen LogP contribution is 2.32. The van der Waals surface area contributed by atoms with Gasteiger partial charge in [0.05, 0.1) is 6.54 Å². The summed E-state index contributed by atoms with van der Waals surface area (Å²) in [5, 5.41) is 0.756. The molecule has 1 aliphatic carbocycles. The lowest BCUT2D eigenvalue weighted by atomic mass is 10.1. The molecule has 1 aliphatic rings. The smallest absolute Gasteiger partial charge is 0.226 e. The van der Waals surface area contributed by atoms with Crippen molar-refractivity contribution < 1.29 is 4.79 Å². The molecule has 1 fully saturated rings. The van der Waals surface area contributed by atoms with Gasteiger partial charge < -0.3 is 9.47 Å². The molecule has 3 rings (SSSR count). The summed E-state index contributed by atoms with van der Waals surface area (Å²) in [5.74, 6) is 0.579. The van der Waals surface area contributed by atoms with Crippen molar-refractivity contribution in [3.63, 3.8) is 0 Å². The van der Waals surface area contributed by atoms with Gasteiger partial charge in [-0.15, -0.1) is 0 Å². The molecule has 1 saturated carbocycles. The van der Waals surface area contributed by atoms with Crippen LogP contribution < -0.4 is 0 Å². The molecule has 2 aromatic rings. The molecule has 0 N–H and O–H groups in total. The van der Waals surface area contributed by atoms with Crippen molar-refractivity contribution >= 4 is 17.5 Å². The van der Waals surface area contributed by atoms with E-state index in [1.54, 1.807) is 0 Å². The molecular weight excluding hydrogens is 320 g/mol. The van der Waals surface area contributed by atoms with Gasteiger partial charge in [-0.3, -0.25) is 4.79 Å². The number of benzene rings is 1. The van der Waals surface area contributed by atoms with Gasteiger partial charge >= 0.3 is 0 Å². The molecule has 4 heteroatoms. The predicted molar refractivity (Wildman–Crippen MR) is 98.0 cm³/mol. The maximum atomic E-state index is 12.6. The molecule has 0 radical (unpaired) electrons. The monoisotopic (exact) mass is 344 g/mol. The molecule has 1 heterocycles. The van der Waals surface area contributed by atoms with Gasteiger partial charge in [-0.2, -0.15) is 0 Å². The Morgan fingerprint density at radius 2 is 2.12 bits per heavy atom. The fourth-order valence-electron chi connectivity index (χ4n) is 2.99. The van der Waals surface area contributed by atoms with Gasteiger partial charge in [0, 0.05) is 35.4 Å². The average molecular weight is 345 g/mol. The van der Waals surface area contributed by atoms with Gasteiger partial charge in [-0.05, 0) is 56.0 Å². The Hall–Kier alpha value is -1.74. The van der Waals surface area contributed by atoms with Crippen molar-refractivity contribution in [2.24, 2.45) is 5.92 Å². The Balaban J connectivity index is 1.76. The molecule has 0 spiro atoms. The minimum atomic E-state index is 0.260. The van der Waals surface area contributed by atoms with Crippen LogP contribution in [-0.2, 0) is 17.9 Å². The van der Waals surface area contributed by atoms with E-state index in [1.165, 1.54) is 11.3 Å². The Morgan fingerprint density at radius 1 is 1.33 bits per heavy atom. The molecule has 1 amide bonds. The van der Waals surface area contributed by atoms with Crippen LogP contribution in [0, 0.1) is 5.92 Å². The van der Waals surface area contributed by atoms with E-state index >= 15 is 0 Å². The second-order valence-corrected chi connectivity index (χ2v) is 7.19. The lowest BCUT2D eigenvalue weighted by Crippen LogP contribution is -2.39. The fraction of sp³-hybridized carbons (Fsp3) is 0.450. The zero-order valence-corrected chi connectivity index (χ0v) is 15.2. The van der Waals surface area contributed by atoms with Crippen molar-refractivity contribution in [2.75, 3.05) is 0 Å². The van der Waals surface area contributed by atoms with Crippen LogP contribution in [0.4, 0.5) is 0 Å². The summed E-state index contributed by atoms with van der Waals surface area (Å²) in [5.41, 5.74) is 2.34. The van der Waals surface area contributed by atoms with E-state index in [1.807, 2.05) is 18.2 Å². The lowest BCUT2D eigenvalue weighted by molar-refractivity contribution is -0.135. The predicted octanol–water partition coefficient (Wildman–Crippen LogP) is 4.73. The number of amides is 1. The van der Waals surface area contributed by atoms with Crippen LogP contribution in [0.15, 0.2) is 42.6 Å². The number of nitrogens with zero attached hydrogens (tertiary/aromatic N) is 2. The third kappa shape index (κ3) is 4.02. The molecule has 1 aromatic carbocycles. The molecule has 128 valence electrons. The summed E-state index contributed by atoms with van der Waals surface area (Å²) < 4.78 is 2.21. The molecule has 1 aromatic heterocycles. The van der Waals surface area contributed by atoms with Gasteiger partial charge in [0.1, 0.15) is 0 Å². The van der Waals surface area contributed by atoms with Crippen molar-refractivity contribution in [3.05, 3.63) is 58.9 Å². The summed E-state index contributed by atoms with van der Waals surface area (Å²) in [6.45, 7) is 5.74. The zero-order valence-electron chi connectivity index (χ0n) is 14.4. The van der Waals surface area contributed by atoms with Crippen LogP contribution >= 0.6 is 11.6 Å². The molecule has 1 atom stereocenters. The van der Waals surface area contributed by atoms with Crippen molar-refractivity contribution in [1.82, 2.24) is 9.47 Å². The van der Waals surface area contributed by atoms with E-state index in [0.717, 1.165) is 30.8 Å². The highest BCUT2D eigenvalue weighted by atomic mass is 35.5. The molecule has 3 nitrogen and oxygen atoms in total. The summed E-state index contributed by atoms with van der Waals surface area (Å²) in [6.07, 6.45) is 5.16. The first-order valence-electron chi connectivity index (χ1n) is 8.77. The van der Waals surface area contributed by atoms with Gasteiger partial charge in [-0.25, -0.2) is 0 Å². The van der Waals surface area contributed by atoms with E-state index < -0.39 is 0 Å². The van der Waals surface area contributed by atoms with Gasteiger partial charge in [0.15, 0.2) is 0 Å². The number of hydrogen-bond acceptors (Lipinski definition) is 1. The van der Waals surface area contributed by atoms with Crippen LogP contribution in [0.3, 0.4) is 0 Å². The molecule has 0 saturated heterocycles. The van der Waals surface area contributed by atoms with E-state index in [9.17, 15) is 4.79 Å². The number of aromatic nitrogens is 1. The van der Waals surface area contributed by atoms with E-state index in [2.05, 4.69) is 47.7 Å². The summed E-state index contributed by atoms with van der Waals surface area (Å²) in [7, 11) is 0. The normalized spacial score (nSPS) is 15.3. The number of carbonyl (C=O) groups excluding carboxylic acids is 1. The lowest BCUT2D eigenvalue weighted by Gasteiger charge is -2.29. The second-order valence-electron chi connectivity index (χ2n) is 6.76. The van der Waals surface area contributed by atoms with E-state index in [4.69, 9.17) is 11.6 Å². The van der Waals surface area contributed by atoms with Crippen molar-refractivity contribution in [2.45, 2.75) is 52.2 Å². The third-order valence-corrected chi connectivity index (χ3v) is 5.07. The standard InChI is InChI=1S/C20H25ClN2O/c1-3-15(2)23(20(24)17-9-10-17)14-19-8-5-11-22(19)13-16-6-4-7-18(21)12-16/h4-8,11-12,15,17H,3,9-10,13-14H2,1-2H3. The summed E-state index contributed by atoms with van der Waals surface area (Å²) in [4.78, 5) is 14.7. The molecule has 24 heavy (non-hydrogen) atoms. The molecular formula is C20H25ClN2O. The van der Waals surface area contributed by atoms with Crippen LogP contribution in [0.5, 0.6) is 0 Å². The topological polar surface area (TPSA) is 25.2 Å². The number of hydrogen-bond donors (Lipinski definition) is 0. The first kappa shape index (κ1) is 17.1. The Kier molecular flexibility index (Phi) is 5.30.